The van der Waals surface area contributed by atoms with Gasteiger partial charge in [0, 0.05) is 45.8 Å². The number of likely N-dealkylation sites (tertiary alicyclic amines) is 1. The predicted molar refractivity (Wildman–Crippen MR) is 105 cm³/mol. The third-order valence-corrected chi connectivity index (χ3v) is 6.60. The van der Waals surface area contributed by atoms with Crippen LogP contribution >= 0.6 is 12.4 Å². The van der Waals surface area contributed by atoms with Gasteiger partial charge in [-0.15, -0.1) is 22.6 Å². The zero-order chi connectivity index (χ0) is 18.0. The number of hydrogen-bond acceptors (Lipinski definition) is 5. The molecular formula is C19H32ClN5O2. The van der Waals surface area contributed by atoms with Crippen LogP contribution in [0, 0.1) is 5.41 Å². The van der Waals surface area contributed by atoms with Gasteiger partial charge >= 0.3 is 0 Å². The van der Waals surface area contributed by atoms with Gasteiger partial charge in [0.05, 0.1) is 12.0 Å². The quantitative estimate of drug-likeness (QED) is 0.823. The summed E-state index contributed by atoms with van der Waals surface area (Å²) in [5.74, 6) is 2.98. The molecule has 8 heteroatoms. The van der Waals surface area contributed by atoms with Gasteiger partial charge in [0.1, 0.15) is 11.6 Å². The van der Waals surface area contributed by atoms with Crippen LogP contribution in [0.25, 0.3) is 0 Å². The molecule has 2 aliphatic heterocycles. The molecule has 0 bridgehead atoms. The highest BCUT2D eigenvalue weighted by Gasteiger charge is 2.44. The third-order valence-electron chi connectivity index (χ3n) is 6.60. The highest BCUT2D eigenvalue weighted by Crippen LogP contribution is 2.43. The van der Waals surface area contributed by atoms with E-state index in [9.17, 15) is 4.79 Å². The largest absolute Gasteiger partial charge is 0.385 e. The molecule has 1 aromatic heterocycles. The first-order chi connectivity index (χ1) is 12.7. The number of ether oxygens (including phenoxy) is 1. The number of piperidine rings is 1. The van der Waals surface area contributed by atoms with Gasteiger partial charge in [-0.1, -0.05) is 12.8 Å². The van der Waals surface area contributed by atoms with Gasteiger partial charge in [-0.3, -0.25) is 4.79 Å². The van der Waals surface area contributed by atoms with Crippen LogP contribution in [0.1, 0.15) is 62.5 Å². The molecule has 1 N–H and O–H groups in total. The van der Waals surface area contributed by atoms with Crippen molar-refractivity contribution < 1.29 is 9.53 Å². The van der Waals surface area contributed by atoms with E-state index in [4.69, 9.17) is 4.74 Å². The molecule has 4 rings (SSSR count). The van der Waals surface area contributed by atoms with Crippen molar-refractivity contribution in [3.63, 3.8) is 0 Å². The molecule has 0 radical (unpaired) electrons. The van der Waals surface area contributed by atoms with Crippen molar-refractivity contribution in [3.8, 4) is 0 Å². The molecule has 1 amide bonds. The summed E-state index contributed by atoms with van der Waals surface area (Å²) in [6.45, 7) is 5.13. The Kier molecular flexibility index (Phi) is 6.76. The van der Waals surface area contributed by atoms with Crippen LogP contribution in [0.4, 0.5) is 0 Å². The normalized spacial score (nSPS) is 22.3. The van der Waals surface area contributed by atoms with Gasteiger partial charge in [-0.2, -0.15) is 0 Å². The van der Waals surface area contributed by atoms with Crippen molar-refractivity contribution in [1.29, 1.82) is 0 Å². The molecule has 0 spiro atoms. The van der Waals surface area contributed by atoms with Crippen LogP contribution in [0.15, 0.2) is 0 Å². The lowest BCUT2D eigenvalue weighted by Crippen LogP contribution is -2.46. The van der Waals surface area contributed by atoms with Crippen LogP contribution in [-0.2, 0) is 22.6 Å². The number of halogens is 1. The summed E-state index contributed by atoms with van der Waals surface area (Å²) in [6, 6.07) is 0. The number of carbonyl (C=O) groups excluding carboxylic acids is 1. The van der Waals surface area contributed by atoms with E-state index < -0.39 is 0 Å². The van der Waals surface area contributed by atoms with Crippen LogP contribution in [0.3, 0.4) is 0 Å². The Morgan fingerprint density at radius 3 is 2.67 bits per heavy atom. The standard InChI is InChI=1S/C19H31N5O2.ClH/c1-26-13-8-19(6-2-3-7-19)18(25)23-10-4-15(5-11-23)17-22-21-16-14-20-9-12-24(16)17;/h15,20H,2-14H2,1H3;1H. The van der Waals surface area contributed by atoms with Crippen molar-refractivity contribution in [1.82, 2.24) is 25.0 Å². The molecule has 0 unspecified atom stereocenters. The van der Waals surface area contributed by atoms with E-state index in [-0.39, 0.29) is 17.8 Å². The van der Waals surface area contributed by atoms with Gasteiger partial charge in [0.15, 0.2) is 0 Å². The fourth-order valence-corrected chi connectivity index (χ4v) is 5.01. The zero-order valence-electron chi connectivity index (χ0n) is 16.3. The lowest BCUT2D eigenvalue weighted by molar-refractivity contribution is -0.144. The number of hydrogen-bond donors (Lipinski definition) is 1. The molecule has 0 atom stereocenters. The van der Waals surface area contributed by atoms with Crippen molar-refractivity contribution in [3.05, 3.63) is 11.6 Å². The minimum Gasteiger partial charge on any atom is -0.385 e. The van der Waals surface area contributed by atoms with Crippen LogP contribution in [0.2, 0.25) is 0 Å². The summed E-state index contributed by atoms with van der Waals surface area (Å²) < 4.78 is 7.58. The van der Waals surface area contributed by atoms with E-state index in [1.165, 1.54) is 12.8 Å². The minimum atomic E-state index is -0.164. The SMILES string of the molecule is COCCC1(C(=O)N2CCC(c3nnc4n3CCNC4)CC2)CCCC1.Cl. The number of fused-ring (bicyclic) bond motifs is 1. The fraction of sp³-hybridized carbons (Fsp3) is 0.842. The number of rotatable bonds is 5. The molecule has 7 nitrogen and oxygen atoms in total. The smallest absolute Gasteiger partial charge is 0.228 e. The molecule has 1 aromatic rings. The van der Waals surface area contributed by atoms with E-state index in [1.54, 1.807) is 7.11 Å². The Balaban J connectivity index is 0.00000210. The molecule has 3 aliphatic rings. The number of nitrogens with one attached hydrogen (secondary N) is 1. The monoisotopic (exact) mass is 397 g/mol. The van der Waals surface area contributed by atoms with Gasteiger partial charge in [-0.05, 0) is 32.1 Å². The van der Waals surface area contributed by atoms with Crippen molar-refractivity contribution in [2.45, 2.75) is 64.0 Å². The first kappa shape index (κ1) is 20.6. The Morgan fingerprint density at radius 2 is 1.96 bits per heavy atom. The Hall–Kier alpha value is -1.18. The van der Waals surface area contributed by atoms with Crippen molar-refractivity contribution >= 4 is 18.3 Å². The summed E-state index contributed by atoms with van der Waals surface area (Å²) in [7, 11) is 1.73. The second-order valence-corrected chi connectivity index (χ2v) is 8.10. The van der Waals surface area contributed by atoms with Crippen molar-refractivity contribution in [2.75, 3.05) is 33.4 Å². The van der Waals surface area contributed by atoms with E-state index >= 15 is 0 Å². The van der Waals surface area contributed by atoms with Gasteiger partial charge in [0.2, 0.25) is 5.91 Å². The molecule has 1 saturated heterocycles. The van der Waals surface area contributed by atoms with Gasteiger partial charge < -0.3 is 19.5 Å². The second-order valence-electron chi connectivity index (χ2n) is 8.10. The molecule has 2 fully saturated rings. The number of amides is 1. The molecule has 3 heterocycles. The predicted octanol–water partition coefficient (Wildman–Crippen LogP) is 2.11. The summed E-state index contributed by atoms with van der Waals surface area (Å²) in [5, 5.41) is 12.2. The Labute approximate surface area is 167 Å². The topological polar surface area (TPSA) is 72.3 Å². The van der Waals surface area contributed by atoms with Crippen molar-refractivity contribution in [2.24, 2.45) is 5.41 Å². The summed E-state index contributed by atoms with van der Waals surface area (Å²) >= 11 is 0. The fourth-order valence-electron chi connectivity index (χ4n) is 5.01. The highest BCUT2D eigenvalue weighted by molar-refractivity contribution is 5.85. The van der Waals surface area contributed by atoms with E-state index in [0.29, 0.717) is 18.4 Å². The average molecular weight is 398 g/mol. The molecule has 27 heavy (non-hydrogen) atoms. The first-order valence-electron chi connectivity index (χ1n) is 10.1. The summed E-state index contributed by atoms with van der Waals surface area (Å²) in [4.78, 5) is 15.4. The maximum absolute atomic E-state index is 13.3. The molecule has 1 aliphatic carbocycles. The Morgan fingerprint density at radius 1 is 1.22 bits per heavy atom. The van der Waals surface area contributed by atoms with Gasteiger partial charge in [-0.25, -0.2) is 0 Å². The van der Waals surface area contributed by atoms with E-state index in [1.807, 2.05) is 0 Å². The summed E-state index contributed by atoms with van der Waals surface area (Å²) in [5.41, 5.74) is -0.164. The number of methoxy groups -OCH3 is 1. The average Bonchev–Trinajstić information content (AvgIpc) is 3.34. The Bertz CT molecular complexity index is 636. The van der Waals surface area contributed by atoms with E-state index in [0.717, 1.165) is 76.5 Å². The van der Waals surface area contributed by atoms with Crippen LogP contribution in [-0.4, -0.2) is 58.9 Å². The lowest BCUT2D eigenvalue weighted by Gasteiger charge is -2.38. The molecule has 1 saturated carbocycles. The summed E-state index contributed by atoms with van der Waals surface area (Å²) in [6.07, 6.45) is 7.26. The van der Waals surface area contributed by atoms with Gasteiger partial charge in [0.25, 0.3) is 0 Å². The molecule has 0 aromatic carbocycles. The second kappa shape index (κ2) is 8.88. The van der Waals surface area contributed by atoms with Crippen LogP contribution in [0.5, 0.6) is 0 Å². The number of nitrogens with zero attached hydrogens (tertiary/aromatic N) is 4. The van der Waals surface area contributed by atoms with E-state index in [2.05, 4.69) is 25.0 Å². The number of aromatic nitrogens is 3. The zero-order valence-corrected chi connectivity index (χ0v) is 17.1. The lowest BCUT2D eigenvalue weighted by atomic mass is 9.80. The molecule has 152 valence electrons. The third kappa shape index (κ3) is 4.00. The van der Waals surface area contributed by atoms with Crippen LogP contribution < -0.4 is 5.32 Å². The maximum Gasteiger partial charge on any atom is 0.228 e. The number of carbonyl (C=O) groups is 1. The first-order valence-corrected chi connectivity index (χ1v) is 10.1. The maximum atomic E-state index is 13.3. The molecular weight excluding hydrogens is 366 g/mol. The minimum absolute atomic E-state index is 0. The highest BCUT2D eigenvalue weighted by atomic mass is 35.5.